The van der Waals surface area contributed by atoms with E-state index in [-0.39, 0.29) is 12.3 Å². The Kier molecular flexibility index (Phi) is 4.73. The largest absolute Gasteiger partial charge is 0.396 e. The van der Waals surface area contributed by atoms with Crippen LogP contribution in [0.15, 0.2) is 10.9 Å². The van der Waals surface area contributed by atoms with Gasteiger partial charge in [-0.2, -0.15) is 5.10 Å². The molecule has 2 aromatic rings. The molecule has 3 N–H and O–H groups in total. The van der Waals surface area contributed by atoms with Gasteiger partial charge in [-0.25, -0.2) is 19.3 Å². The number of H-pyrrole nitrogens is 1. The lowest BCUT2D eigenvalue weighted by atomic mass is 10.0. The summed E-state index contributed by atoms with van der Waals surface area (Å²) < 4.78 is 1.43. The number of aromatic nitrogens is 4. The lowest BCUT2D eigenvalue weighted by Crippen LogP contribution is -2.18. The van der Waals surface area contributed by atoms with E-state index in [4.69, 9.17) is 5.11 Å². The average molecular weight is 279 g/mol. The molecule has 0 amide bonds. The van der Waals surface area contributed by atoms with Crippen LogP contribution in [0.25, 0.3) is 5.65 Å². The molecular formula is C13H21N5O2. The van der Waals surface area contributed by atoms with Crippen molar-refractivity contribution in [2.75, 3.05) is 18.5 Å². The molecule has 0 aliphatic carbocycles. The van der Waals surface area contributed by atoms with Gasteiger partial charge in [0.1, 0.15) is 11.6 Å². The van der Waals surface area contributed by atoms with Crippen LogP contribution >= 0.6 is 0 Å². The van der Waals surface area contributed by atoms with Crippen LogP contribution in [-0.4, -0.2) is 37.8 Å². The van der Waals surface area contributed by atoms with E-state index in [2.05, 4.69) is 27.4 Å². The van der Waals surface area contributed by atoms with Crippen LogP contribution in [0.1, 0.15) is 32.0 Å². The first-order chi connectivity index (χ1) is 9.65. The summed E-state index contributed by atoms with van der Waals surface area (Å²) in [6, 6.07) is 1.74. The van der Waals surface area contributed by atoms with E-state index in [9.17, 15) is 4.79 Å². The topological polar surface area (TPSA) is 95.3 Å². The van der Waals surface area contributed by atoms with Gasteiger partial charge in [-0.15, -0.1) is 0 Å². The normalized spacial score (nSPS) is 12.8. The minimum Gasteiger partial charge on any atom is -0.396 e. The summed E-state index contributed by atoms with van der Waals surface area (Å²) in [6.07, 6.45) is 2.94. The second kappa shape index (κ2) is 6.51. The monoisotopic (exact) mass is 279 g/mol. The van der Waals surface area contributed by atoms with Crippen molar-refractivity contribution in [1.82, 2.24) is 19.6 Å². The molecule has 0 bridgehead atoms. The Morgan fingerprint density at radius 1 is 1.50 bits per heavy atom. The molecule has 0 spiro atoms. The van der Waals surface area contributed by atoms with E-state index in [1.807, 2.05) is 0 Å². The molecule has 20 heavy (non-hydrogen) atoms. The standard InChI is InChI=1S/C13H21N5O2/c1-3-4-10(5-6-19)8-14-11-7-12-16-17-13(20)18(12)9(2)15-11/h7,10,14,19H,3-6,8H2,1-2H3,(H,17,20). The first kappa shape index (κ1) is 14.5. The second-order valence-electron chi connectivity index (χ2n) is 4.96. The Balaban J connectivity index is 2.11. The van der Waals surface area contributed by atoms with Crippen LogP contribution in [0.2, 0.25) is 0 Å². The van der Waals surface area contributed by atoms with E-state index in [1.54, 1.807) is 13.0 Å². The van der Waals surface area contributed by atoms with Crippen molar-refractivity contribution in [2.24, 2.45) is 5.92 Å². The van der Waals surface area contributed by atoms with Crippen LogP contribution in [-0.2, 0) is 0 Å². The van der Waals surface area contributed by atoms with Gasteiger partial charge >= 0.3 is 5.69 Å². The Bertz CT molecular complexity index is 613. The molecule has 2 rings (SSSR count). The number of aliphatic hydroxyl groups is 1. The molecule has 2 heterocycles. The molecule has 0 aliphatic rings. The molecule has 0 radical (unpaired) electrons. The van der Waals surface area contributed by atoms with Crippen molar-refractivity contribution in [3.05, 3.63) is 22.4 Å². The highest BCUT2D eigenvalue weighted by Crippen LogP contribution is 2.13. The number of rotatable bonds is 7. The first-order valence-corrected chi connectivity index (χ1v) is 6.95. The Morgan fingerprint density at radius 2 is 2.30 bits per heavy atom. The summed E-state index contributed by atoms with van der Waals surface area (Å²) in [5, 5.41) is 18.7. The Labute approximate surface area is 117 Å². The highest BCUT2D eigenvalue weighted by molar-refractivity contribution is 5.49. The van der Waals surface area contributed by atoms with E-state index in [1.165, 1.54) is 4.40 Å². The van der Waals surface area contributed by atoms with Gasteiger partial charge in [0.05, 0.1) is 0 Å². The average Bonchev–Trinajstić information content (AvgIpc) is 2.79. The number of hydrogen-bond donors (Lipinski definition) is 3. The molecule has 0 saturated heterocycles. The van der Waals surface area contributed by atoms with E-state index in [0.29, 0.717) is 23.2 Å². The highest BCUT2D eigenvalue weighted by Gasteiger charge is 2.10. The first-order valence-electron chi connectivity index (χ1n) is 6.95. The smallest absolute Gasteiger partial charge is 0.349 e. The van der Waals surface area contributed by atoms with E-state index in [0.717, 1.165) is 25.8 Å². The second-order valence-corrected chi connectivity index (χ2v) is 4.96. The fraction of sp³-hybridized carbons (Fsp3) is 0.615. The molecule has 1 atom stereocenters. The summed E-state index contributed by atoms with van der Waals surface area (Å²) in [6.45, 7) is 4.86. The van der Waals surface area contributed by atoms with Crippen molar-refractivity contribution in [1.29, 1.82) is 0 Å². The van der Waals surface area contributed by atoms with Crippen molar-refractivity contribution in [3.63, 3.8) is 0 Å². The SMILES string of the molecule is CCCC(CCO)CNc1cc2n[nH]c(=O)n2c(C)n1. The number of anilines is 1. The van der Waals surface area contributed by atoms with Gasteiger partial charge in [0.25, 0.3) is 0 Å². The maximum atomic E-state index is 11.5. The molecule has 2 aromatic heterocycles. The molecule has 0 aromatic carbocycles. The third-order valence-corrected chi connectivity index (χ3v) is 3.38. The predicted octanol–water partition coefficient (Wildman–Crippen LogP) is 0.937. The number of nitrogens with one attached hydrogen (secondary N) is 2. The number of aryl methyl sites for hydroxylation is 1. The molecule has 1 unspecified atom stereocenters. The van der Waals surface area contributed by atoms with Gasteiger partial charge in [-0.3, -0.25) is 0 Å². The van der Waals surface area contributed by atoms with Crippen LogP contribution in [0.4, 0.5) is 5.82 Å². The zero-order valence-corrected chi connectivity index (χ0v) is 11.9. The number of nitrogens with zero attached hydrogens (tertiary/aromatic N) is 3. The third-order valence-electron chi connectivity index (χ3n) is 3.38. The molecular weight excluding hydrogens is 258 g/mol. The fourth-order valence-electron chi connectivity index (χ4n) is 2.38. The van der Waals surface area contributed by atoms with Crippen LogP contribution < -0.4 is 11.0 Å². The fourth-order valence-corrected chi connectivity index (χ4v) is 2.38. The zero-order valence-electron chi connectivity index (χ0n) is 11.9. The van der Waals surface area contributed by atoms with Crippen molar-refractivity contribution < 1.29 is 5.11 Å². The number of aliphatic hydroxyl groups excluding tert-OH is 1. The number of hydrogen-bond acceptors (Lipinski definition) is 5. The lowest BCUT2D eigenvalue weighted by Gasteiger charge is -2.16. The summed E-state index contributed by atoms with van der Waals surface area (Å²) >= 11 is 0. The minimum atomic E-state index is -0.277. The van der Waals surface area contributed by atoms with Gasteiger partial charge in [-0.05, 0) is 25.7 Å². The Morgan fingerprint density at radius 3 is 3.00 bits per heavy atom. The van der Waals surface area contributed by atoms with Crippen molar-refractivity contribution in [3.8, 4) is 0 Å². The summed E-state index contributed by atoms with van der Waals surface area (Å²) in [4.78, 5) is 15.9. The summed E-state index contributed by atoms with van der Waals surface area (Å²) in [7, 11) is 0. The van der Waals surface area contributed by atoms with Crippen LogP contribution in [0, 0.1) is 12.8 Å². The molecule has 7 heteroatoms. The Hall–Kier alpha value is -1.89. The summed E-state index contributed by atoms with van der Waals surface area (Å²) in [5.41, 5.74) is 0.278. The maximum absolute atomic E-state index is 11.5. The van der Waals surface area contributed by atoms with Gasteiger partial charge < -0.3 is 10.4 Å². The van der Waals surface area contributed by atoms with Gasteiger partial charge in [0.2, 0.25) is 0 Å². The highest BCUT2D eigenvalue weighted by atomic mass is 16.3. The lowest BCUT2D eigenvalue weighted by molar-refractivity contribution is 0.255. The van der Waals surface area contributed by atoms with Crippen molar-refractivity contribution in [2.45, 2.75) is 33.1 Å². The van der Waals surface area contributed by atoms with E-state index >= 15 is 0 Å². The molecule has 110 valence electrons. The van der Waals surface area contributed by atoms with Gasteiger partial charge in [0.15, 0.2) is 5.65 Å². The minimum absolute atomic E-state index is 0.201. The molecule has 7 nitrogen and oxygen atoms in total. The van der Waals surface area contributed by atoms with E-state index < -0.39 is 0 Å². The van der Waals surface area contributed by atoms with Gasteiger partial charge in [0, 0.05) is 19.2 Å². The zero-order chi connectivity index (χ0) is 14.5. The number of fused-ring (bicyclic) bond motifs is 1. The summed E-state index contributed by atoms with van der Waals surface area (Å²) in [5.74, 6) is 1.72. The van der Waals surface area contributed by atoms with Gasteiger partial charge in [-0.1, -0.05) is 13.3 Å². The number of aromatic amines is 1. The van der Waals surface area contributed by atoms with Crippen LogP contribution in [0.3, 0.4) is 0 Å². The molecule has 0 fully saturated rings. The predicted molar refractivity (Wildman–Crippen MR) is 76.9 cm³/mol. The molecule has 0 saturated carbocycles. The third kappa shape index (κ3) is 3.16. The molecule has 0 aliphatic heterocycles. The van der Waals surface area contributed by atoms with Crippen molar-refractivity contribution >= 4 is 11.5 Å². The van der Waals surface area contributed by atoms with Crippen LogP contribution in [0.5, 0.6) is 0 Å². The maximum Gasteiger partial charge on any atom is 0.349 e. The quantitative estimate of drug-likeness (QED) is 0.701.